The predicted octanol–water partition coefficient (Wildman–Crippen LogP) is 2.05. The van der Waals surface area contributed by atoms with Crippen molar-refractivity contribution < 1.29 is 19.5 Å². The molecule has 2 unspecified atom stereocenters. The van der Waals surface area contributed by atoms with Gasteiger partial charge in [-0.15, -0.1) is 0 Å². The average Bonchev–Trinajstić information content (AvgIpc) is 3.34. The first-order valence-electron chi connectivity index (χ1n) is 11.2. The van der Waals surface area contributed by atoms with Gasteiger partial charge in [0, 0.05) is 31.0 Å². The molecule has 0 aromatic carbocycles. The Hall–Kier alpha value is -3.37. The van der Waals surface area contributed by atoms with Gasteiger partial charge in [0.1, 0.15) is 11.2 Å². The number of amidine groups is 1. The number of rotatable bonds is 3. The fourth-order valence-electron chi connectivity index (χ4n) is 4.20. The Balaban J connectivity index is 1.54. The molecule has 2 aromatic rings. The molecule has 11 nitrogen and oxygen atoms in total. The highest BCUT2D eigenvalue weighted by atomic mass is 16.6. The van der Waals surface area contributed by atoms with Crippen LogP contribution in [0.1, 0.15) is 64.1 Å². The standard InChI is InChI=1S/C22H30N6O5/c1-12-9-14(12)20(30)25-18(26-32)15-11-23-28-16(10-17(29)24-19(15)28)13-5-7-27(8-6-13)21(31)33-22(2,3)4/h10-14,32H,5-9H2,1-4H3,(H,24,29)(H,25,26,30). The van der Waals surface area contributed by atoms with Gasteiger partial charge in [0.05, 0.1) is 17.5 Å². The highest BCUT2D eigenvalue weighted by Crippen LogP contribution is 2.37. The molecule has 2 aromatic heterocycles. The van der Waals surface area contributed by atoms with Gasteiger partial charge in [-0.25, -0.2) is 9.31 Å². The van der Waals surface area contributed by atoms with E-state index in [1.54, 1.807) is 9.42 Å². The van der Waals surface area contributed by atoms with Crippen LogP contribution in [-0.4, -0.2) is 61.2 Å². The van der Waals surface area contributed by atoms with Crippen molar-refractivity contribution in [3.8, 4) is 0 Å². The van der Waals surface area contributed by atoms with Gasteiger partial charge >= 0.3 is 6.09 Å². The highest BCUT2D eigenvalue weighted by Gasteiger charge is 2.40. The molecule has 0 radical (unpaired) electrons. The van der Waals surface area contributed by atoms with E-state index in [1.807, 2.05) is 27.7 Å². The van der Waals surface area contributed by atoms with E-state index in [9.17, 15) is 19.6 Å². The van der Waals surface area contributed by atoms with Gasteiger partial charge in [-0.2, -0.15) is 5.10 Å². The molecule has 0 bridgehead atoms. The Morgan fingerprint density at radius 2 is 1.97 bits per heavy atom. The fraction of sp³-hybridized carbons (Fsp3) is 0.591. The van der Waals surface area contributed by atoms with Crippen molar-refractivity contribution in [2.45, 2.75) is 58.5 Å². The topological polar surface area (TPSA) is 141 Å². The lowest BCUT2D eigenvalue weighted by Crippen LogP contribution is -2.41. The summed E-state index contributed by atoms with van der Waals surface area (Å²) in [5, 5.41) is 19.8. The normalized spacial score (nSPS) is 21.8. The minimum atomic E-state index is -0.558. The van der Waals surface area contributed by atoms with Crippen molar-refractivity contribution in [2.24, 2.45) is 17.0 Å². The van der Waals surface area contributed by atoms with E-state index < -0.39 is 5.60 Å². The first-order valence-corrected chi connectivity index (χ1v) is 11.2. The minimum Gasteiger partial charge on any atom is -0.444 e. The molecule has 3 N–H and O–H groups in total. The fourth-order valence-corrected chi connectivity index (χ4v) is 4.20. The molecule has 1 saturated heterocycles. The summed E-state index contributed by atoms with van der Waals surface area (Å²) >= 11 is 0. The maximum absolute atomic E-state index is 12.4. The third-order valence-electron chi connectivity index (χ3n) is 6.14. The van der Waals surface area contributed by atoms with Crippen molar-refractivity contribution in [2.75, 3.05) is 13.1 Å². The molecule has 1 aliphatic carbocycles. The maximum atomic E-state index is 12.4. The molecule has 11 heteroatoms. The van der Waals surface area contributed by atoms with E-state index in [0.717, 1.165) is 6.42 Å². The number of amides is 2. The summed E-state index contributed by atoms with van der Waals surface area (Å²) in [6, 6.07) is 1.50. The highest BCUT2D eigenvalue weighted by molar-refractivity contribution is 6.11. The number of carbonyl (C=O) groups is 2. The van der Waals surface area contributed by atoms with E-state index in [-0.39, 0.29) is 35.2 Å². The molecule has 33 heavy (non-hydrogen) atoms. The Bertz CT molecular complexity index is 1150. The Morgan fingerprint density at radius 1 is 1.30 bits per heavy atom. The Labute approximate surface area is 190 Å². The van der Waals surface area contributed by atoms with Gasteiger partial charge in [-0.3, -0.25) is 9.59 Å². The molecule has 178 valence electrons. The van der Waals surface area contributed by atoms with Crippen LogP contribution in [0.3, 0.4) is 0 Å². The SMILES string of the molecule is CC1CC1C(=O)N/C(=N/O)c1cnn2c(C3CCN(C(=O)OC(C)(C)C)CC3)cc(=O)[nH]c12. The molecule has 1 aliphatic heterocycles. The number of aromatic amines is 1. The molecule has 2 amide bonds. The lowest BCUT2D eigenvalue weighted by atomic mass is 9.93. The van der Waals surface area contributed by atoms with Crippen molar-refractivity contribution in [1.82, 2.24) is 24.8 Å². The van der Waals surface area contributed by atoms with E-state index in [0.29, 0.717) is 48.8 Å². The van der Waals surface area contributed by atoms with E-state index in [2.05, 4.69) is 20.6 Å². The first kappa shape index (κ1) is 22.8. The third-order valence-corrected chi connectivity index (χ3v) is 6.14. The largest absolute Gasteiger partial charge is 0.444 e. The molecular weight excluding hydrogens is 428 g/mol. The van der Waals surface area contributed by atoms with Gasteiger partial charge in [0.2, 0.25) is 5.91 Å². The van der Waals surface area contributed by atoms with Crippen LogP contribution in [-0.2, 0) is 9.53 Å². The molecule has 1 saturated carbocycles. The van der Waals surface area contributed by atoms with Crippen LogP contribution in [0.5, 0.6) is 0 Å². The zero-order chi connectivity index (χ0) is 23.9. The zero-order valence-corrected chi connectivity index (χ0v) is 19.3. The summed E-state index contributed by atoms with van der Waals surface area (Å²) in [7, 11) is 0. The predicted molar refractivity (Wildman–Crippen MR) is 119 cm³/mol. The molecule has 4 rings (SSSR count). The van der Waals surface area contributed by atoms with Crippen molar-refractivity contribution in [1.29, 1.82) is 0 Å². The minimum absolute atomic E-state index is 0.00217. The van der Waals surface area contributed by atoms with Crippen LogP contribution < -0.4 is 10.9 Å². The summed E-state index contributed by atoms with van der Waals surface area (Å²) in [6.45, 7) is 8.47. The van der Waals surface area contributed by atoms with Crippen LogP contribution in [0, 0.1) is 11.8 Å². The second-order valence-corrected chi connectivity index (χ2v) is 9.88. The smallest absolute Gasteiger partial charge is 0.410 e. The van der Waals surface area contributed by atoms with Crippen molar-refractivity contribution in [3.05, 3.63) is 33.9 Å². The molecule has 2 fully saturated rings. The summed E-state index contributed by atoms with van der Waals surface area (Å²) in [5.74, 6) is -0.0814. The number of nitrogens with zero attached hydrogens (tertiary/aromatic N) is 4. The maximum Gasteiger partial charge on any atom is 0.410 e. The van der Waals surface area contributed by atoms with Gasteiger partial charge in [0.15, 0.2) is 5.84 Å². The van der Waals surface area contributed by atoms with Crippen LogP contribution in [0.25, 0.3) is 5.65 Å². The first-order chi connectivity index (χ1) is 15.6. The van der Waals surface area contributed by atoms with Crippen molar-refractivity contribution >= 4 is 23.5 Å². The lowest BCUT2D eigenvalue weighted by molar-refractivity contribution is -0.121. The number of hydrogen-bond donors (Lipinski definition) is 3. The molecular formula is C22H30N6O5. The van der Waals surface area contributed by atoms with Crippen LogP contribution in [0.15, 0.2) is 22.2 Å². The summed E-state index contributed by atoms with van der Waals surface area (Å²) in [5.41, 5.74) is 0.474. The number of nitrogens with one attached hydrogen (secondary N) is 2. The summed E-state index contributed by atoms with van der Waals surface area (Å²) in [6.07, 6.45) is 3.19. The van der Waals surface area contributed by atoms with Gasteiger partial charge in [0.25, 0.3) is 5.56 Å². The number of hydrogen-bond acceptors (Lipinski definition) is 7. The second-order valence-electron chi connectivity index (χ2n) is 9.88. The number of oxime groups is 1. The van der Waals surface area contributed by atoms with E-state index >= 15 is 0 Å². The Morgan fingerprint density at radius 3 is 2.55 bits per heavy atom. The van der Waals surface area contributed by atoms with Crippen molar-refractivity contribution in [3.63, 3.8) is 0 Å². The number of likely N-dealkylation sites (tertiary alicyclic amines) is 1. The quantitative estimate of drug-likeness (QED) is 0.278. The third kappa shape index (κ3) is 4.86. The van der Waals surface area contributed by atoms with E-state index in [4.69, 9.17) is 4.74 Å². The molecule has 2 aliphatic rings. The number of aromatic nitrogens is 3. The average molecular weight is 459 g/mol. The van der Waals surface area contributed by atoms with Crippen LogP contribution in [0.2, 0.25) is 0 Å². The lowest BCUT2D eigenvalue weighted by Gasteiger charge is -2.33. The monoisotopic (exact) mass is 458 g/mol. The molecule has 2 atom stereocenters. The van der Waals surface area contributed by atoms with Gasteiger partial charge in [-0.1, -0.05) is 12.1 Å². The van der Waals surface area contributed by atoms with E-state index in [1.165, 1.54) is 12.3 Å². The number of ether oxygens (including phenoxy) is 1. The number of carbonyl (C=O) groups excluding carboxylic acids is 2. The van der Waals surface area contributed by atoms with Gasteiger partial charge in [-0.05, 0) is 46.0 Å². The number of piperidine rings is 1. The molecule has 0 spiro atoms. The zero-order valence-electron chi connectivity index (χ0n) is 19.3. The molecule has 3 heterocycles. The number of fused-ring (bicyclic) bond motifs is 1. The van der Waals surface area contributed by atoms with Crippen LogP contribution >= 0.6 is 0 Å². The Kier molecular flexibility index (Phi) is 5.89. The summed E-state index contributed by atoms with van der Waals surface area (Å²) in [4.78, 5) is 41.5. The summed E-state index contributed by atoms with van der Waals surface area (Å²) < 4.78 is 7.05. The second kappa shape index (κ2) is 8.53. The van der Waals surface area contributed by atoms with Crippen LogP contribution in [0.4, 0.5) is 4.79 Å². The van der Waals surface area contributed by atoms with Gasteiger partial charge < -0.3 is 25.1 Å². The number of H-pyrrole nitrogens is 1.